The first-order valence-electron chi connectivity index (χ1n) is 13.0. The summed E-state index contributed by atoms with van der Waals surface area (Å²) in [6.07, 6.45) is 10.3. The molecule has 8 heteroatoms. The highest BCUT2D eigenvalue weighted by molar-refractivity contribution is 8.28. The largest absolute Gasteiger partial charge is 0.446 e. The van der Waals surface area contributed by atoms with Crippen molar-refractivity contribution in [1.29, 1.82) is 0 Å². The Labute approximate surface area is 206 Å². The summed E-state index contributed by atoms with van der Waals surface area (Å²) in [5, 5.41) is 13.7. The van der Waals surface area contributed by atoms with Crippen LogP contribution in [0.15, 0.2) is 18.2 Å². The SMILES string of the molecule is C=S1(=C2CC2)Cc2ccc(Nc3cc(C4CCC(OC(=O)NC5CCCCC5)C4)[nH]n3)c(F)c2C1. The molecular formula is C27H35FN4O2S. The number of hydrogen-bond acceptors (Lipinski definition) is 4. The molecule has 0 spiro atoms. The van der Waals surface area contributed by atoms with E-state index in [-0.39, 0.29) is 30.0 Å². The van der Waals surface area contributed by atoms with Crippen LogP contribution < -0.4 is 10.6 Å². The van der Waals surface area contributed by atoms with Gasteiger partial charge in [-0.2, -0.15) is 14.3 Å². The summed E-state index contributed by atoms with van der Waals surface area (Å²) in [6.45, 7) is 0. The number of alkyl carbamates (subject to hydrolysis) is 1. The van der Waals surface area contributed by atoms with Crippen molar-refractivity contribution in [2.75, 3.05) is 5.32 Å². The zero-order valence-corrected chi connectivity index (χ0v) is 21.0. The lowest BCUT2D eigenvalue weighted by molar-refractivity contribution is 0.0952. The fourth-order valence-corrected chi connectivity index (χ4v) is 9.25. The Hall–Kier alpha value is -2.48. The molecule has 0 bridgehead atoms. The molecule has 6 rings (SSSR count). The zero-order chi connectivity index (χ0) is 24.0. The minimum atomic E-state index is -1.07. The molecule has 3 aliphatic carbocycles. The molecule has 2 heterocycles. The molecule has 0 saturated heterocycles. The molecule has 4 aliphatic rings. The van der Waals surface area contributed by atoms with Crippen LogP contribution in [0.5, 0.6) is 0 Å². The maximum atomic E-state index is 15.4. The van der Waals surface area contributed by atoms with Crippen LogP contribution in [0.2, 0.25) is 0 Å². The summed E-state index contributed by atoms with van der Waals surface area (Å²) < 4.78 is 21.1. The van der Waals surface area contributed by atoms with Crippen LogP contribution in [0.3, 0.4) is 0 Å². The van der Waals surface area contributed by atoms with E-state index in [4.69, 9.17) is 4.74 Å². The van der Waals surface area contributed by atoms with E-state index >= 15 is 4.39 Å². The van der Waals surface area contributed by atoms with Gasteiger partial charge in [-0.05, 0) is 56.6 Å². The van der Waals surface area contributed by atoms with Gasteiger partial charge in [0.15, 0.2) is 11.6 Å². The second-order valence-corrected chi connectivity index (χ2v) is 14.0. The van der Waals surface area contributed by atoms with Gasteiger partial charge in [0, 0.05) is 40.8 Å². The molecule has 1 amide bonds. The van der Waals surface area contributed by atoms with Crippen molar-refractivity contribution in [2.45, 2.75) is 93.8 Å². The molecule has 35 heavy (non-hydrogen) atoms. The number of rotatable bonds is 5. The van der Waals surface area contributed by atoms with E-state index < -0.39 is 9.21 Å². The number of ether oxygens (including phenoxy) is 1. The molecule has 3 unspecified atom stereocenters. The number of nitrogens with zero attached hydrogens (tertiary/aromatic N) is 1. The molecule has 1 aromatic heterocycles. The average Bonchev–Trinajstić information content (AvgIpc) is 3.27. The van der Waals surface area contributed by atoms with E-state index in [1.165, 1.54) is 32.1 Å². The number of anilines is 2. The number of nitrogens with one attached hydrogen (secondary N) is 3. The normalized spacial score (nSPS) is 28.1. The zero-order valence-electron chi connectivity index (χ0n) is 20.2. The minimum absolute atomic E-state index is 0.0767. The molecule has 188 valence electrons. The third kappa shape index (κ3) is 4.82. The Morgan fingerprint density at radius 1 is 1.14 bits per heavy atom. The maximum Gasteiger partial charge on any atom is 0.407 e. The lowest BCUT2D eigenvalue weighted by atomic mass is 9.96. The number of carbonyl (C=O) groups excluding carboxylic acids is 1. The van der Waals surface area contributed by atoms with Crippen LogP contribution in [-0.2, 0) is 16.2 Å². The Balaban J connectivity index is 1.06. The van der Waals surface area contributed by atoms with E-state index in [0.717, 1.165) is 60.4 Å². The van der Waals surface area contributed by atoms with Gasteiger partial charge in [0.05, 0.1) is 5.69 Å². The number of aromatic nitrogens is 2. The van der Waals surface area contributed by atoms with Crippen molar-refractivity contribution in [3.05, 3.63) is 40.8 Å². The van der Waals surface area contributed by atoms with E-state index in [0.29, 0.717) is 11.5 Å². The second kappa shape index (κ2) is 9.19. The van der Waals surface area contributed by atoms with Crippen LogP contribution in [0.1, 0.15) is 86.9 Å². The van der Waals surface area contributed by atoms with Gasteiger partial charge in [0.25, 0.3) is 0 Å². The molecule has 3 fully saturated rings. The molecular weight excluding hydrogens is 463 g/mol. The molecule has 3 N–H and O–H groups in total. The van der Waals surface area contributed by atoms with Gasteiger partial charge in [-0.25, -0.2) is 9.18 Å². The third-order valence-corrected chi connectivity index (χ3v) is 11.5. The van der Waals surface area contributed by atoms with Gasteiger partial charge >= 0.3 is 6.09 Å². The van der Waals surface area contributed by atoms with Gasteiger partial charge in [-0.15, -0.1) is 0 Å². The summed E-state index contributed by atoms with van der Waals surface area (Å²) in [7, 11) is -1.07. The lowest BCUT2D eigenvalue weighted by Gasteiger charge is -2.23. The average molecular weight is 499 g/mol. The number of aromatic amines is 1. The van der Waals surface area contributed by atoms with E-state index in [1.807, 2.05) is 12.1 Å². The number of carbonyl (C=O) groups is 1. The number of H-pyrrole nitrogens is 1. The standard InChI is InChI=1S/C27H35FN4O2S/c1-35(21-10-11-21)15-18-8-12-23(26(28)22(18)16-35)30-25-14-24(31-32-25)17-7-9-20(13-17)34-27(33)29-19-5-3-2-4-6-19/h8,12,14,17,19-20H,1-7,9-11,13,15-16H2,(H,29,33)(H2,30,31,32). The van der Waals surface area contributed by atoms with E-state index in [2.05, 4.69) is 32.8 Å². The van der Waals surface area contributed by atoms with Crippen molar-refractivity contribution in [1.82, 2.24) is 15.5 Å². The number of halogens is 1. The first kappa shape index (κ1) is 23.0. The van der Waals surface area contributed by atoms with Gasteiger partial charge < -0.3 is 15.4 Å². The first-order chi connectivity index (χ1) is 17.0. The Bertz CT molecular complexity index is 1250. The molecule has 1 aromatic carbocycles. The second-order valence-electron chi connectivity index (χ2n) is 10.8. The number of hydrogen-bond donors (Lipinski definition) is 3. The van der Waals surface area contributed by atoms with Crippen LogP contribution in [0.4, 0.5) is 20.7 Å². The molecule has 0 radical (unpaired) electrons. The fourth-order valence-electron chi connectivity index (χ4n) is 6.04. The van der Waals surface area contributed by atoms with Crippen molar-refractivity contribution in [3.8, 4) is 0 Å². The summed E-state index contributed by atoms with van der Waals surface area (Å²) in [4.78, 5) is 13.9. The molecule has 2 aromatic rings. The third-order valence-electron chi connectivity index (χ3n) is 8.14. The lowest BCUT2D eigenvalue weighted by Crippen LogP contribution is -2.38. The maximum absolute atomic E-state index is 15.4. The monoisotopic (exact) mass is 498 g/mol. The molecule has 1 aliphatic heterocycles. The van der Waals surface area contributed by atoms with Gasteiger partial charge in [0.1, 0.15) is 6.10 Å². The smallest absolute Gasteiger partial charge is 0.407 e. The van der Waals surface area contributed by atoms with Gasteiger partial charge in [-0.3, -0.25) is 5.10 Å². The summed E-state index contributed by atoms with van der Waals surface area (Å²) in [6, 6.07) is 6.09. The topological polar surface area (TPSA) is 79.0 Å². The Morgan fingerprint density at radius 3 is 2.77 bits per heavy atom. The first-order valence-corrected chi connectivity index (χ1v) is 15.2. The Kier molecular flexibility index (Phi) is 6.03. The van der Waals surface area contributed by atoms with Gasteiger partial charge in [0.2, 0.25) is 0 Å². The highest BCUT2D eigenvalue weighted by atomic mass is 32.2. The van der Waals surface area contributed by atoms with Crippen molar-refractivity contribution >= 4 is 37.5 Å². The number of benzene rings is 1. The summed E-state index contributed by atoms with van der Waals surface area (Å²) >= 11 is 0. The molecule has 6 nitrogen and oxygen atoms in total. The van der Waals surface area contributed by atoms with E-state index in [9.17, 15) is 4.79 Å². The predicted octanol–water partition coefficient (Wildman–Crippen LogP) is 6.20. The highest BCUT2D eigenvalue weighted by Crippen LogP contribution is 2.49. The number of fused-ring (bicyclic) bond motifs is 1. The quantitative estimate of drug-likeness (QED) is 0.429. The summed E-state index contributed by atoms with van der Waals surface area (Å²) in [5.41, 5.74) is 3.42. The summed E-state index contributed by atoms with van der Waals surface area (Å²) in [5.74, 6) is 6.90. The van der Waals surface area contributed by atoms with E-state index in [1.54, 1.807) is 4.86 Å². The van der Waals surface area contributed by atoms with Gasteiger partial charge in [-0.1, -0.05) is 36.1 Å². The highest BCUT2D eigenvalue weighted by Gasteiger charge is 2.31. The van der Waals surface area contributed by atoms with Crippen LogP contribution in [0, 0.1) is 5.82 Å². The van der Waals surface area contributed by atoms with Crippen LogP contribution in [0.25, 0.3) is 0 Å². The van der Waals surface area contributed by atoms with Crippen LogP contribution in [-0.4, -0.2) is 39.2 Å². The Morgan fingerprint density at radius 2 is 1.97 bits per heavy atom. The molecule has 3 saturated carbocycles. The fraction of sp³-hybridized carbons (Fsp3) is 0.556. The van der Waals surface area contributed by atoms with Crippen molar-refractivity contribution in [3.63, 3.8) is 0 Å². The molecule has 3 atom stereocenters. The van der Waals surface area contributed by atoms with Crippen molar-refractivity contribution in [2.24, 2.45) is 0 Å². The predicted molar refractivity (Wildman–Crippen MR) is 142 cm³/mol. The van der Waals surface area contributed by atoms with Crippen LogP contribution >= 0.6 is 9.21 Å². The minimum Gasteiger partial charge on any atom is -0.446 e. The number of amides is 1. The van der Waals surface area contributed by atoms with Crippen molar-refractivity contribution < 1.29 is 13.9 Å².